The Morgan fingerprint density at radius 1 is 1.20 bits per heavy atom. The Bertz CT molecular complexity index is 359. The summed E-state index contributed by atoms with van der Waals surface area (Å²) in [4.78, 5) is 13.1. The van der Waals surface area contributed by atoms with Gasteiger partial charge in [-0.25, -0.2) is 0 Å². The van der Waals surface area contributed by atoms with Crippen LogP contribution in [0.4, 0.5) is 5.69 Å². The molecule has 2 nitrogen and oxygen atoms in total. The molecule has 0 bridgehead atoms. The van der Waals surface area contributed by atoms with Crippen LogP contribution in [0.3, 0.4) is 0 Å². The normalized spacial score (nSPS) is 16.5. The van der Waals surface area contributed by atoms with Crippen molar-refractivity contribution in [2.45, 2.75) is 19.3 Å². The standard InChI is InChI=1S/C12H14ClNO/c13-12-5-4-11(8-10(12)9-15)14-6-2-1-3-7-14/h4-5,8-9H,1-3,6-7H2. The van der Waals surface area contributed by atoms with E-state index in [0.717, 1.165) is 25.1 Å². The van der Waals surface area contributed by atoms with E-state index < -0.39 is 0 Å². The number of benzene rings is 1. The monoisotopic (exact) mass is 223 g/mol. The molecule has 1 saturated heterocycles. The fourth-order valence-electron chi connectivity index (χ4n) is 1.97. The molecule has 1 aromatic rings. The molecule has 2 rings (SSSR count). The minimum atomic E-state index is 0.533. The highest BCUT2D eigenvalue weighted by Crippen LogP contribution is 2.24. The Morgan fingerprint density at radius 3 is 2.60 bits per heavy atom. The Labute approximate surface area is 94.8 Å². The summed E-state index contributed by atoms with van der Waals surface area (Å²) >= 11 is 5.89. The van der Waals surface area contributed by atoms with Gasteiger partial charge in [-0.05, 0) is 37.5 Å². The summed E-state index contributed by atoms with van der Waals surface area (Å²) < 4.78 is 0. The van der Waals surface area contributed by atoms with E-state index in [0.29, 0.717) is 10.6 Å². The molecule has 0 unspecified atom stereocenters. The van der Waals surface area contributed by atoms with Crippen LogP contribution in [0, 0.1) is 0 Å². The van der Waals surface area contributed by atoms with E-state index in [-0.39, 0.29) is 0 Å². The first kappa shape index (κ1) is 10.5. The van der Waals surface area contributed by atoms with Crippen LogP contribution < -0.4 is 4.90 Å². The van der Waals surface area contributed by atoms with Gasteiger partial charge < -0.3 is 4.90 Å². The van der Waals surface area contributed by atoms with Gasteiger partial charge in [-0.2, -0.15) is 0 Å². The van der Waals surface area contributed by atoms with Crippen LogP contribution in [-0.4, -0.2) is 19.4 Å². The SMILES string of the molecule is O=Cc1cc(N2CCCCC2)ccc1Cl. The van der Waals surface area contributed by atoms with Crippen molar-refractivity contribution < 1.29 is 4.79 Å². The molecule has 0 N–H and O–H groups in total. The molecule has 0 atom stereocenters. The molecule has 3 heteroatoms. The van der Waals surface area contributed by atoms with Gasteiger partial charge in [0, 0.05) is 24.3 Å². The molecule has 0 saturated carbocycles. The van der Waals surface area contributed by atoms with Crippen molar-refractivity contribution in [1.29, 1.82) is 0 Å². The molecule has 0 amide bonds. The first-order valence-electron chi connectivity index (χ1n) is 5.31. The first-order chi connectivity index (χ1) is 7.31. The summed E-state index contributed by atoms with van der Waals surface area (Å²) in [6, 6.07) is 5.66. The molecule has 1 aliphatic rings. The summed E-state index contributed by atoms with van der Waals surface area (Å²) in [7, 11) is 0. The molecule has 0 spiro atoms. The second-order valence-electron chi connectivity index (χ2n) is 3.87. The number of hydrogen-bond acceptors (Lipinski definition) is 2. The van der Waals surface area contributed by atoms with Crippen LogP contribution in [-0.2, 0) is 0 Å². The number of anilines is 1. The molecule has 1 aromatic carbocycles. The number of aldehydes is 1. The third-order valence-electron chi connectivity index (χ3n) is 2.83. The molecule has 0 radical (unpaired) electrons. The van der Waals surface area contributed by atoms with E-state index in [1.165, 1.54) is 19.3 Å². The Hall–Kier alpha value is -1.02. The number of carbonyl (C=O) groups excluding carboxylic acids is 1. The lowest BCUT2D eigenvalue weighted by atomic mass is 10.1. The van der Waals surface area contributed by atoms with Crippen LogP contribution in [0.25, 0.3) is 0 Å². The lowest BCUT2D eigenvalue weighted by Crippen LogP contribution is -2.29. The van der Waals surface area contributed by atoms with Crippen molar-refractivity contribution >= 4 is 23.6 Å². The highest BCUT2D eigenvalue weighted by atomic mass is 35.5. The van der Waals surface area contributed by atoms with E-state index in [1.54, 1.807) is 6.07 Å². The minimum absolute atomic E-state index is 0.533. The summed E-state index contributed by atoms with van der Waals surface area (Å²) in [6.07, 6.45) is 4.60. The number of halogens is 1. The van der Waals surface area contributed by atoms with Gasteiger partial charge in [-0.15, -0.1) is 0 Å². The number of hydrogen-bond donors (Lipinski definition) is 0. The largest absolute Gasteiger partial charge is 0.372 e. The second-order valence-corrected chi connectivity index (χ2v) is 4.28. The summed E-state index contributed by atoms with van der Waals surface area (Å²) in [5.41, 5.74) is 1.70. The molecule has 1 heterocycles. The van der Waals surface area contributed by atoms with E-state index >= 15 is 0 Å². The zero-order valence-corrected chi connectivity index (χ0v) is 9.33. The first-order valence-corrected chi connectivity index (χ1v) is 5.69. The van der Waals surface area contributed by atoms with Crippen LogP contribution in [0.2, 0.25) is 5.02 Å². The van der Waals surface area contributed by atoms with Crippen LogP contribution in [0.15, 0.2) is 18.2 Å². The molecular weight excluding hydrogens is 210 g/mol. The summed E-state index contributed by atoms with van der Waals surface area (Å²) in [5, 5.41) is 0.533. The Balaban J connectivity index is 2.23. The molecule has 1 aliphatic heterocycles. The van der Waals surface area contributed by atoms with Gasteiger partial charge >= 0.3 is 0 Å². The molecular formula is C12H14ClNO. The van der Waals surface area contributed by atoms with E-state index in [1.807, 2.05) is 12.1 Å². The number of piperidine rings is 1. The number of rotatable bonds is 2. The molecule has 15 heavy (non-hydrogen) atoms. The summed E-state index contributed by atoms with van der Waals surface area (Å²) in [5.74, 6) is 0. The van der Waals surface area contributed by atoms with Crippen LogP contribution >= 0.6 is 11.6 Å². The molecule has 1 fully saturated rings. The van der Waals surface area contributed by atoms with E-state index in [4.69, 9.17) is 11.6 Å². The third-order valence-corrected chi connectivity index (χ3v) is 3.17. The van der Waals surface area contributed by atoms with Crippen molar-refractivity contribution in [3.63, 3.8) is 0 Å². The van der Waals surface area contributed by atoms with Gasteiger partial charge in [0.1, 0.15) is 0 Å². The fourth-order valence-corrected chi connectivity index (χ4v) is 2.13. The molecule has 80 valence electrons. The van der Waals surface area contributed by atoms with Crippen molar-refractivity contribution in [3.8, 4) is 0 Å². The Morgan fingerprint density at radius 2 is 1.93 bits per heavy atom. The minimum Gasteiger partial charge on any atom is -0.372 e. The quantitative estimate of drug-likeness (QED) is 0.718. The van der Waals surface area contributed by atoms with Gasteiger partial charge in [-0.3, -0.25) is 4.79 Å². The number of nitrogens with zero attached hydrogens (tertiary/aromatic N) is 1. The fraction of sp³-hybridized carbons (Fsp3) is 0.417. The van der Waals surface area contributed by atoms with Crippen molar-refractivity contribution in [2.24, 2.45) is 0 Å². The molecule has 0 aromatic heterocycles. The smallest absolute Gasteiger partial charge is 0.151 e. The maximum Gasteiger partial charge on any atom is 0.151 e. The van der Waals surface area contributed by atoms with Crippen LogP contribution in [0.1, 0.15) is 29.6 Å². The predicted octanol–water partition coefficient (Wildman–Crippen LogP) is 3.14. The molecule has 0 aliphatic carbocycles. The van der Waals surface area contributed by atoms with Crippen molar-refractivity contribution in [2.75, 3.05) is 18.0 Å². The number of carbonyl (C=O) groups is 1. The third kappa shape index (κ3) is 2.32. The van der Waals surface area contributed by atoms with Gasteiger partial charge in [0.2, 0.25) is 0 Å². The highest BCUT2D eigenvalue weighted by Gasteiger charge is 2.11. The van der Waals surface area contributed by atoms with Crippen molar-refractivity contribution in [1.82, 2.24) is 0 Å². The lowest BCUT2D eigenvalue weighted by Gasteiger charge is -2.29. The Kier molecular flexibility index (Phi) is 3.27. The van der Waals surface area contributed by atoms with Gasteiger partial charge in [-0.1, -0.05) is 11.6 Å². The predicted molar refractivity (Wildman–Crippen MR) is 62.9 cm³/mol. The van der Waals surface area contributed by atoms with E-state index in [9.17, 15) is 4.79 Å². The van der Waals surface area contributed by atoms with Gasteiger partial charge in [0.05, 0.1) is 5.02 Å². The lowest BCUT2D eigenvalue weighted by molar-refractivity contribution is 0.112. The zero-order chi connectivity index (χ0) is 10.7. The highest BCUT2D eigenvalue weighted by molar-refractivity contribution is 6.33. The van der Waals surface area contributed by atoms with Gasteiger partial charge in [0.25, 0.3) is 0 Å². The van der Waals surface area contributed by atoms with Gasteiger partial charge in [0.15, 0.2) is 6.29 Å². The zero-order valence-electron chi connectivity index (χ0n) is 8.58. The van der Waals surface area contributed by atoms with Crippen molar-refractivity contribution in [3.05, 3.63) is 28.8 Å². The van der Waals surface area contributed by atoms with Crippen LogP contribution in [0.5, 0.6) is 0 Å². The average molecular weight is 224 g/mol. The maximum atomic E-state index is 10.8. The average Bonchev–Trinajstić information content (AvgIpc) is 2.31. The maximum absolute atomic E-state index is 10.8. The summed E-state index contributed by atoms with van der Waals surface area (Å²) in [6.45, 7) is 2.17. The topological polar surface area (TPSA) is 20.3 Å². The second kappa shape index (κ2) is 4.67. The van der Waals surface area contributed by atoms with E-state index in [2.05, 4.69) is 4.90 Å².